The summed E-state index contributed by atoms with van der Waals surface area (Å²) in [5, 5.41) is 6.29. The van der Waals surface area contributed by atoms with Crippen molar-refractivity contribution >= 4 is 67.6 Å². The van der Waals surface area contributed by atoms with Crippen LogP contribution in [0.25, 0.3) is 22.3 Å². The molecule has 1 unspecified atom stereocenters. The van der Waals surface area contributed by atoms with Crippen LogP contribution in [0.5, 0.6) is 0 Å². The maximum atomic E-state index is 13.5. The molecule has 29 heteroatoms. The Bertz CT molecular complexity index is 2180. The summed E-state index contributed by atoms with van der Waals surface area (Å²) in [6.07, 6.45) is -1.32. The molecule has 0 amide bonds. The zero-order chi connectivity index (χ0) is 46.2. The maximum absolute atomic E-state index is 13.5. The highest BCUT2D eigenvalue weighted by Gasteiger charge is 2.29. The molecule has 63 heavy (non-hydrogen) atoms. The van der Waals surface area contributed by atoms with Gasteiger partial charge in [-0.25, -0.2) is 44.3 Å². The molecule has 4 aromatic rings. The van der Waals surface area contributed by atoms with E-state index < -0.39 is 97.3 Å². The van der Waals surface area contributed by atoms with Crippen molar-refractivity contribution in [2.45, 2.75) is 99.0 Å². The van der Waals surface area contributed by atoms with Crippen LogP contribution >= 0.6 is 15.2 Å². The highest BCUT2D eigenvalue weighted by atomic mass is 31.2. The number of rotatable bonds is 26. The van der Waals surface area contributed by atoms with Crippen LogP contribution in [0.3, 0.4) is 0 Å². The minimum Gasteiger partial charge on any atom is -0.432 e. The van der Waals surface area contributed by atoms with Crippen molar-refractivity contribution in [2.75, 3.05) is 50.4 Å². The van der Waals surface area contributed by atoms with Gasteiger partial charge in [-0.3, -0.25) is 22.7 Å². The number of nitrogens with zero attached hydrogens (tertiary/aromatic N) is 8. The summed E-state index contributed by atoms with van der Waals surface area (Å²) in [6.45, 7) is 11.1. The first kappa shape index (κ1) is 50.4. The fourth-order valence-corrected chi connectivity index (χ4v) is 6.72. The zero-order valence-electron chi connectivity index (χ0n) is 35.8. The number of hydrogen-bond acceptors (Lipinski definition) is 24. The van der Waals surface area contributed by atoms with E-state index in [2.05, 4.69) is 45.3 Å². The van der Waals surface area contributed by atoms with Crippen molar-refractivity contribution in [1.29, 1.82) is 0 Å². The van der Waals surface area contributed by atoms with E-state index in [9.17, 15) is 28.4 Å². The topological polar surface area (TPSA) is 318 Å². The number of aromatic nitrogens is 8. The average Bonchev–Trinajstić information content (AvgIpc) is 3.80. The van der Waals surface area contributed by atoms with Crippen LogP contribution in [0.2, 0.25) is 0 Å². The second kappa shape index (κ2) is 24.0. The number of fused-ring (bicyclic) bond motifs is 2. The van der Waals surface area contributed by atoms with Gasteiger partial charge in [0.05, 0.1) is 62.9 Å². The number of anilines is 2. The molecule has 0 aromatic carbocycles. The van der Waals surface area contributed by atoms with Gasteiger partial charge in [0.2, 0.25) is 20.4 Å². The van der Waals surface area contributed by atoms with Gasteiger partial charge >= 0.3 is 33.7 Å². The standard InChI is InChI=1S/C34H52N10O17P2/c1-21(2)59-32(45)51-16-56-62(48,49)19-54-24(7)9-43-14-41-26-28(37-12-39-30(26)43)35-11-36-29-27-31(40-13-38-29)44(15-42-27)10-25(8)55-20-63(50,57-17-52-33(46)60-22(3)4)58-18-53-34(47)61-23(5)6/h12-15,21-25H,9-11,16-20H2,1-8H3,(H,48,49)(H,35,37,39)(H,36,38,40)/t24-,25-/m1/s1. The van der Waals surface area contributed by atoms with E-state index in [0.29, 0.717) is 34.0 Å². The minimum absolute atomic E-state index is 0.120. The number of carbonyl (C=O) groups is 3. The van der Waals surface area contributed by atoms with Gasteiger partial charge in [-0.05, 0) is 55.4 Å². The lowest BCUT2D eigenvalue weighted by atomic mass is 10.4. The van der Waals surface area contributed by atoms with Gasteiger partial charge in [0.15, 0.2) is 22.9 Å². The Morgan fingerprint density at radius 1 is 0.603 bits per heavy atom. The number of hydrogen-bond donors (Lipinski definition) is 3. The molecular formula is C34H52N10O17P2. The highest BCUT2D eigenvalue weighted by molar-refractivity contribution is 7.53. The van der Waals surface area contributed by atoms with Crippen molar-refractivity contribution in [1.82, 2.24) is 39.0 Å². The van der Waals surface area contributed by atoms with Gasteiger partial charge in [-0.2, -0.15) is 0 Å². The molecule has 0 saturated heterocycles. The molecule has 27 nitrogen and oxygen atoms in total. The summed E-state index contributed by atoms with van der Waals surface area (Å²) in [7, 11) is -8.45. The molecule has 4 heterocycles. The molecule has 4 rings (SSSR count). The van der Waals surface area contributed by atoms with E-state index >= 15 is 0 Å². The third-order valence-corrected chi connectivity index (χ3v) is 9.99. The Labute approximate surface area is 360 Å². The fraction of sp³-hybridized carbons (Fsp3) is 0.618. The van der Waals surface area contributed by atoms with E-state index in [4.69, 9.17) is 46.7 Å². The molecule has 4 aromatic heterocycles. The largest absolute Gasteiger partial charge is 0.510 e. The summed E-state index contributed by atoms with van der Waals surface area (Å²) in [6, 6.07) is 0. The fourth-order valence-electron chi connectivity index (χ4n) is 4.89. The van der Waals surface area contributed by atoms with Crippen LogP contribution in [-0.4, -0.2) is 133 Å². The van der Waals surface area contributed by atoms with E-state index in [1.165, 1.54) is 25.3 Å². The third kappa shape index (κ3) is 17.1. The van der Waals surface area contributed by atoms with Crippen molar-refractivity contribution in [3.05, 3.63) is 25.3 Å². The van der Waals surface area contributed by atoms with E-state index in [-0.39, 0.29) is 19.8 Å². The van der Waals surface area contributed by atoms with Crippen molar-refractivity contribution < 1.29 is 79.9 Å². The van der Waals surface area contributed by atoms with Gasteiger partial charge in [0, 0.05) is 0 Å². The molecule has 0 saturated carbocycles. The highest BCUT2D eigenvalue weighted by Crippen LogP contribution is 2.48. The smallest absolute Gasteiger partial charge is 0.432 e. The second-order valence-corrected chi connectivity index (χ2v) is 17.8. The summed E-state index contributed by atoms with van der Waals surface area (Å²) < 4.78 is 84.4. The lowest BCUT2D eigenvalue weighted by Crippen LogP contribution is -2.20. The SMILES string of the molecule is CC(C)OC(=O)OCOP(=O)(O)CO[C@H](C)Cn1cnc2c(NCNc3ncnc4c3ncn4C[C@@H](C)OCP(=O)(OCOC(=O)OC(C)C)OCOC(=O)OC(C)C)ncnc21. The van der Waals surface area contributed by atoms with E-state index in [1.807, 2.05) is 0 Å². The summed E-state index contributed by atoms with van der Waals surface area (Å²) in [4.78, 5) is 71.2. The zero-order valence-corrected chi connectivity index (χ0v) is 37.6. The molecule has 0 aliphatic rings. The Morgan fingerprint density at radius 3 is 1.41 bits per heavy atom. The van der Waals surface area contributed by atoms with Crippen molar-refractivity contribution in [2.24, 2.45) is 0 Å². The third-order valence-electron chi connectivity index (χ3n) is 7.54. The Morgan fingerprint density at radius 2 is 1.00 bits per heavy atom. The van der Waals surface area contributed by atoms with Crippen LogP contribution < -0.4 is 10.6 Å². The molecule has 350 valence electrons. The predicted molar refractivity (Wildman–Crippen MR) is 217 cm³/mol. The van der Waals surface area contributed by atoms with Crippen molar-refractivity contribution in [3.63, 3.8) is 0 Å². The van der Waals surface area contributed by atoms with Crippen LogP contribution in [-0.2, 0) is 73.7 Å². The maximum Gasteiger partial charge on any atom is 0.510 e. The van der Waals surface area contributed by atoms with E-state index in [0.717, 1.165) is 0 Å². The van der Waals surface area contributed by atoms with Crippen LogP contribution in [0.4, 0.5) is 26.0 Å². The monoisotopic (exact) mass is 934 g/mol. The molecule has 0 fully saturated rings. The first-order chi connectivity index (χ1) is 29.8. The van der Waals surface area contributed by atoms with Gasteiger partial charge in [0.1, 0.15) is 36.4 Å². The Balaban J connectivity index is 1.30. The second-order valence-electron chi connectivity index (χ2n) is 14.0. The molecule has 0 radical (unpaired) electrons. The molecule has 0 aliphatic carbocycles. The van der Waals surface area contributed by atoms with E-state index in [1.54, 1.807) is 64.5 Å². The Kier molecular flexibility index (Phi) is 19.2. The van der Waals surface area contributed by atoms with Gasteiger partial charge in [-0.1, -0.05) is 0 Å². The number of ether oxygens (including phenoxy) is 8. The van der Waals surface area contributed by atoms with Crippen molar-refractivity contribution in [3.8, 4) is 0 Å². The summed E-state index contributed by atoms with van der Waals surface area (Å²) >= 11 is 0. The summed E-state index contributed by atoms with van der Waals surface area (Å²) in [5.41, 5.74) is 1.75. The van der Waals surface area contributed by atoms with Crippen LogP contribution in [0.1, 0.15) is 55.4 Å². The molecule has 0 spiro atoms. The predicted octanol–water partition coefficient (Wildman–Crippen LogP) is 5.16. The number of carbonyl (C=O) groups excluding carboxylic acids is 3. The summed E-state index contributed by atoms with van der Waals surface area (Å²) in [5.74, 6) is 0.771. The first-order valence-corrected chi connectivity index (χ1v) is 22.7. The van der Waals surface area contributed by atoms with Gasteiger partial charge in [-0.15, -0.1) is 0 Å². The van der Waals surface area contributed by atoms with Crippen LogP contribution in [0.15, 0.2) is 25.3 Å². The first-order valence-electron chi connectivity index (χ1n) is 19.2. The average molecular weight is 935 g/mol. The molecule has 3 atom stereocenters. The van der Waals surface area contributed by atoms with Gasteiger partial charge in [0.25, 0.3) is 0 Å². The number of imidazole rings is 2. The lowest BCUT2D eigenvalue weighted by Gasteiger charge is -2.21. The normalized spacial score (nSPS) is 13.8. The minimum atomic E-state index is -4.26. The Hall–Kier alpha value is -5.27. The van der Waals surface area contributed by atoms with Crippen LogP contribution in [0, 0.1) is 0 Å². The molecular weight excluding hydrogens is 882 g/mol. The lowest BCUT2D eigenvalue weighted by molar-refractivity contribution is -0.0370. The van der Waals surface area contributed by atoms with Gasteiger partial charge < -0.3 is 62.6 Å². The molecule has 0 bridgehead atoms. The number of nitrogens with one attached hydrogen (secondary N) is 2. The molecule has 3 N–H and O–H groups in total. The quantitative estimate of drug-likeness (QED) is 0.0317. The molecule has 0 aliphatic heterocycles.